The molecule has 0 amide bonds. The zero-order chi connectivity index (χ0) is 88.2. The van der Waals surface area contributed by atoms with E-state index in [1.54, 1.807) is 48.5 Å². The van der Waals surface area contributed by atoms with Crippen molar-refractivity contribution in [2.75, 3.05) is 0 Å². The van der Waals surface area contributed by atoms with Crippen LogP contribution in [0.2, 0.25) is 0 Å². The summed E-state index contributed by atoms with van der Waals surface area (Å²) in [5.41, 5.74) is 16.7. The van der Waals surface area contributed by atoms with Crippen molar-refractivity contribution in [3.8, 4) is 23.0 Å². The molecular weight excluding hydrogens is 1460 g/mol. The van der Waals surface area contributed by atoms with E-state index in [0.29, 0.717) is 19.6 Å². The molecule has 0 bridgehead atoms. The number of rotatable bonds is 8. The van der Waals surface area contributed by atoms with Gasteiger partial charge in [-0.3, -0.25) is 0 Å². The quantitative estimate of drug-likeness (QED) is 0.151. The Labute approximate surface area is 707 Å². The molecule has 0 atom stereocenters. The van der Waals surface area contributed by atoms with Gasteiger partial charge in [0.1, 0.15) is 23.0 Å². The van der Waals surface area contributed by atoms with Gasteiger partial charge in [-0.2, -0.15) is 0 Å². The van der Waals surface area contributed by atoms with Gasteiger partial charge in [-0.15, -0.1) is 0 Å². The maximum atomic E-state index is 13.0. The summed E-state index contributed by atoms with van der Waals surface area (Å²) < 4.78 is 63.4. The molecule has 10 aromatic rings. The average Bonchev–Trinajstić information content (AvgIpc) is 0.785. The van der Waals surface area contributed by atoms with Gasteiger partial charge in [0.15, 0.2) is 0 Å². The van der Waals surface area contributed by atoms with Gasteiger partial charge in [0, 0.05) is 0 Å². The largest absolute Gasteiger partial charge is 0.457 e. The van der Waals surface area contributed by atoms with Gasteiger partial charge in [0.25, 0.3) is 0 Å². The summed E-state index contributed by atoms with van der Waals surface area (Å²) in [7, 11) is -6.97. The van der Waals surface area contributed by atoms with Crippen molar-refractivity contribution in [2.24, 2.45) is 0 Å². The highest BCUT2D eigenvalue weighted by molar-refractivity contribution is 7.91. The predicted molar refractivity (Wildman–Crippen MR) is 500 cm³/mol. The lowest BCUT2D eigenvalue weighted by molar-refractivity contribution is 0.477. The first-order chi connectivity index (χ1) is 52.6. The monoisotopic (exact) mass is 1610 g/mol. The number of ether oxygens (including phenoxy) is 2. The number of hydrogen-bond acceptors (Lipinski definition) is 6. The van der Waals surface area contributed by atoms with Crippen LogP contribution in [0.4, 0.5) is 0 Å². The lowest BCUT2D eigenvalue weighted by Gasteiger charge is -2.24. The van der Waals surface area contributed by atoms with Crippen LogP contribution in [-0.4, -0.2) is 16.8 Å². The first kappa shape index (κ1) is 98.3. The second kappa shape index (κ2) is 37.8. The molecule has 0 aliphatic rings. The summed E-state index contributed by atoms with van der Waals surface area (Å²) in [6, 6.07) is 80.3. The molecule has 8 heteroatoms. The van der Waals surface area contributed by atoms with E-state index >= 15 is 0 Å². The molecule has 0 fully saturated rings. The van der Waals surface area contributed by atoms with Crippen molar-refractivity contribution in [3.05, 3.63) is 309 Å². The predicted octanol–water partition coefficient (Wildman–Crippen LogP) is 30.9. The van der Waals surface area contributed by atoms with Crippen LogP contribution in [0, 0.1) is 0 Å². The summed E-state index contributed by atoms with van der Waals surface area (Å²) in [4.78, 5) is 1.40. The zero-order valence-electron chi connectivity index (χ0n) is 78.4. The summed E-state index contributed by atoms with van der Waals surface area (Å²) in [6.45, 7) is 78.8. The molecule has 0 aliphatic carbocycles. The fraction of sp³-hybridized carbons (Fsp3) is 0.444. The summed E-state index contributed by atoms with van der Waals surface area (Å²) in [5, 5.41) is 0. The molecule has 0 heterocycles. The van der Waals surface area contributed by atoms with E-state index in [9.17, 15) is 16.8 Å². The minimum absolute atomic E-state index is 0.0106. The molecule has 0 aliphatic heterocycles. The van der Waals surface area contributed by atoms with E-state index in [2.05, 4.69) is 352 Å². The standard InChI is InChI=1S/2C20H26O2S.2C20H26O.2C14H22/c1-19(2,3)15-7-11-17(12-8-15)23(21,22)18-13-9-16(10-14-18)20(4,5)6;1-19(2,3)15-9-7-11-17(13-15)23(21,22)18-12-8-10-16(14-18)20(4,5)6;1-19(2,3)15-7-11-17(12-8-15)21-18-13-9-16(10-14-18)20(4,5)6;1-19(2,3)15-10-12-17(13-11-15)21-18-9-7-8-16(14-18)20(4,5)6;1-13(2,3)11-7-9-12(10-8-11)14(4,5)6;1-13(2,3)11-8-7-9-12(10-11)14(4,5)6/h2*7-14H,1-6H3;2*7-14H,1-6H3;2*7-10H,1-6H3. The third kappa shape index (κ3) is 30.3. The van der Waals surface area contributed by atoms with E-state index in [4.69, 9.17) is 9.47 Å². The van der Waals surface area contributed by atoms with Crippen molar-refractivity contribution in [1.82, 2.24) is 0 Å². The van der Waals surface area contributed by atoms with E-state index in [-0.39, 0.29) is 65.0 Å². The van der Waals surface area contributed by atoms with Crippen molar-refractivity contribution >= 4 is 19.7 Å². The Kier molecular flexibility index (Phi) is 32.0. The summed E-state index contributed by atoms with van der Waals surface area (Å²) >= 11 is 0. The zero-order valence-corrected chi connectivity index (χ0v) is 80.0. The minimum atomic E-state index is -3.50. The SMILES string of the molecule is CC(C)(C)c1ccc(C(C)(C)C)cc1.CC(C)(C)c1ccc(Oc2ccc(C(C)(C)C)cc2)cc1.CC(C)(C)c1ccc(Oc2cccc(C(C)(C)C)c2)cc1.CC(C)(C)c1ccc(S(=O)(=O)c2ccc(C(C)(C)C)cc2)cc1.CC(C)(C)c1cccc(C(C)(C)C)c1.CC(C)(C)c1cccc(S(=O)(=O)c2cccc(C(C)(C)C)c2)c1. The average molecular weight is 1610 g/mol. The minimum Gasteiger partial charge on any atom is -0.457 e. The third-order valence-electron chi connectivity index (χ3n) is 20.6. The summed E-state index contributed by atoms with van der Waals surface area (Å²) in [5.74, 6) is 3.54. The molecule has 0 saturated heterocycles. The van der Waals surface area contributed by atoms with Crippen LogP contribution in [0.3, 0.4) is 0 Å². The van der Waals surface area contributed by atoms with Gasteiger partial charge in [-0.1, -0.05) is 395 Å². The van der Waals surface area contributed by atoms with Gasteiger partial charge in [0.05, 0.1) is 19.6 Å². The molecule has 628 valence electrons. The van der Waals surface area contributed by atoms with Crippen molar-refractivity contribution in [1.29, 1.82) is 0 Å². The van der Waals surface area contributed by atoms with E-state index < -0.39 is 19.7 Å². The highest BCUT2D eigenvalue weighted by Crippen LogP contribution is 2.37. The van der Waals surface area contributed by atoms with Gasteiger partial charge in [-0.25, -0.2) is 16.8 Å². The van der Waals surface area contributed by atoms with Gasteiger partial charge in [0.2, 0.25) is 19.7 Å². The fourth-order valence-electron chi connectivity index (χ4n) is 12.1. The van der Waals surface area contributed by atoms with E-state index in [1.165, 1.54) is 44.5 Å². The Bertz CT molecular complexity index is 4730. The first-order valence-electron chi connectivity index (χ1n) is 41.5. The van der Waals surface area contributed by atoms with Crippen molar-refractivity contribution < 1.29 is 26.3 Å². The molecule has 0 aromatic heterocycles. The Morgan fingerprint density at radius 3 is 0.543 bits per heavy atom. The molecular formula is C108H148O6S2. The van der Waals surface area contributed by atoms with Gasteiger partial charge >= 0.3 is 0 Å². The van der Waals surface area contributed by atoms with Crippen LogP contribution in [0.25, 0.3) is 0 Å². The molecule has 6 nitrogen and oxygen atoms in total. The molecule has 0 unspecified atom stereocenters. The molecule has 0 N–H and O–H groups in total. The van der Waals surface area contributed by atoms with Crippen LogP contribution in [0.15, 0.2) is 262 Å². The second-order valence-electron chi connectivity index (χ2n) is 43.6. The number of hydrogen-bond donors (Lipinski definition) is 0. The summed E-state index contributed by atoms with van der Waals surface area (Å²) in [6.07, 6.45) is 0. The van der Waals surface area contributed by atoms with Crippen LogP contribution < -0.4 is 9.47 Å². The van der Waals surface area contributed by atoms with Crippen LogP contribution >= 0.6 is 0 Å². The van der Waals surface area contributed by atoms with Gasteiger partial charge < -0.3 is 9.47 Å². The van der Waals surface area contributed by atoms with E-state index in [0.717, 1.165) is 45.3 Å². The van der Waals surface area contributed by atoms with Crippen LogP contribution in [-0.2, 0) is 84.7 Å². The smallest absolute Gasteiger partial charge is 0.206 e. The Morgan fingerprint density at radius 2 is 0.319 bits per heavy atom. The van der Waals surface area contributed by atoms with Crippen molar-refractivity contribution in [2.45, 2.75) is 334 Å². The molecule has 0 spiro atoms. The normalized spacial score (nSPS) is 12.8. The lowest BCUT2D eigenvalue weighted by atomic mass is 9.81. The Morgan fingerprint density at radius 1 is 0.155 bits per heavy atom. The van der Waals surface area contributed by atoms with E-state index in [1.807, 2.05) is 91.0 Å². The second-order valence-corrected chi connectivity index (χ2v) is 47.5. The molecule has 0 radical (unpaired) electrons. The van der Waals surface area contributed by atoms with Gasteiger partial charge in [-0.05, 0) is 229 Å². The number of benzene rings is 10. The van der Waals surface area contributed by atoms with Crippen LogP contribution in [0.1, 0.15) is 316 Å². The third-order valence-corrected chi connectivity index (χ3v) is 24.2. The maximum Gasteiger partial charge on any atom is 0.206 e. The van der Waals surface area contributed by atoms with Crippen LogP contribution in [0.5, 0.6) is 23.0 Å². The lowest BCUT2D eigenvalue weighted by Crippen LogP contribution is -2.15. The fourth-order valence-corrected chi connectivity index (χ4v) is 14.7. The number of sulfone groups is 2. The molecule has 10 aromatic carbocycles. The first-order valence-corrected chi connectivity index (χ1v) is 44.5. The molecule has 10 rings (SSSR count). The maximum absolute atomic E-state index is 13.0. The topological polar surface area (TPSA) is 86.7 Å². The molecule has 116 heavy (non-hydrogen) atoms. The Hall–Kier alpha value is -8.30. The van der Waals surface area contributed by atoms with Crippen molar-refractivity contribution in [3.63, 3.8) is 0 Å². The molecule has 0 saturated carbocycles. The highest BCUT2D eigenvalue weighted by atomic mass is 32.2. The Balaban J connectivity index is 0.000000251. The highest BCUT2D eigenvalue weighted by Gasteiger charge is 2.27.